The molecule has 0 aromatic heterocycles. The minimum absolute atomic E-state index is 0.195. The number of hydrogen-bond donors (Lipinski definition) is 2. The normalized spacial score (nSPS) is 11.7. The fraction of sp³-hybridized carbons (Fsp3) is 0.143. The molecule has 72 valence electrons. The van der Waals surface area contributed by atoms with Gasteiger partial charge in [0.25, 0.3) is 0 Å². The zero-order valence-corrected chi connectivity index (χ0v) is 7.65. The minimum atomic E-state index is -4.53. The van der Waals surface area contributed by atoms with Gasteiger partial charge in [-0.2, -0.15) is 13.2 Å². The molecule has 0 saturated heterocycles. The fourth-order valence-corrected chi connectivity index (χ4v) is 1.20. The van der Waals surface area contributed by atoms with Crippen molar-refractivity contribution in [3.63, 3.8) is 0 Å². The Kier molecular flexibility index (Phi) is 2.42. The summed E-state index contributed by atoms with van der Waals surface area (Å²) < 4.78 is 36.0. The van der Waals surface area contributed by atoms with Gasteiger partial charge in [-0.15, -0.1) is 0 Å². The van der Waals surface area contributed by atoms with Gasteiger partial charge in [0.2, 0.25) is 0 Å². The van der Waals surface area contributed by atoms with Gasteiger partial charge in [0.15, 0.2) is 11.5 Å². The van der Waals surface area contributed by atoms with Crippen molar-refractivity contribution in [3.05, 3.63) is 22.2 Å². The second-order valence-electron chi connectivity index (χ2n) is 2.32. The van der Waals surface area contributed by atoms with Crippen molar-refractivity contribution >= 4 is 15.9 Å². The molecule has 1 aromatic rings. The Morgan fingerprint density at radius 1 is 1.15 bits per heavy atom. The molecule has 0 bridgehead atoms. The van der Waals surface area contributed by atoms with Gasteiger partial charge in [-0.1, -0.05) is 0 Å². The van der Waals surface area contributed by atoms with Crippen LogP contribution in [0, 0.1) is 0 Å². The Morgan fingerprint density at radius 2 is 1.69 bits per heavy atom. The SMILES string of the molecule is Oc1cc(C(F)(F)F)cc(Br)c1O. The highest BCUT2D eigenvalue weighted by atomic mass is 79.9. The molecule has 6 heteroatoms. The number of rotatable bonds is 0. The molecule has 0 radical (unpaired) electrons. The van der Waals surface area contributed by atoms with E-state index in [1.54, 1.807) is 0 Å². The number of phenols is 2. The first-order chi connectivity index (χ1) is 5.82. The largest absolute Gasteiger partial charge is 0.504 e. The van der Waals surface area contributed by atoms with E-state index in [0.29, 0.717) is 12.1 Å². The standard InChI is InChI=1S/C7H4BrF3O2/c8-4-1-3(7(9,10)11)2-5(12)6(4)13/h1-2,12-13H. The summed E-state index contributed by atoms with van der Waals surface area (Å²) in [7, 11) is 0. The third kappa shape index (κ3) is 2.06. The Bertz CT molecular complexity index is 312. The monoisotopic (exact) mass is 256 g/mol. The third-order valence-electron chi connectivity index (χ3n) is 1.37. The summed E-state index contributed by atoms with van der Waals surface area (Å²) in [6, 6.07) is 1.15. The predicted octanol–water partition coefficient (Wildman–Crippen LogP) is 2.88. The van der Waals surface area contributed by atoms with Crippen molar-refractivity contribution in [2.75, 3.05) is 0 Å². The molecule has 2 N–H and O–H groups in total. The van der Waals surface area contributed by atoms with Crippen LogP contribution < -0.4 is 0 Å². The van der Waals surface area contributed by atoms with Crippen molar-refractivity contribution in [2.45, 2.75) is 6.18 Å². The molecule has 0 aliphatic rings. The Morgan fingerprint density at radius 3 is 2.08 bits per heavy atom. The van der Waals surface area contributed by atoms with Crippen LogP contribution in [0.2, 0.25) is 0 Å². The highest BCUT2D eigenvalue weighted by Gasteiger charge is 2.32. The summed E-state index contributed by atoms with van der Waals surface area (Å²) in [5.41, 5.74) is -1.02. The second kappa shape index (κ2) is 3.10. The van der Waals surface area contributed by atoms with Gasteiger partial charge in [0.05, 0.1) is 10.0 Å². The van der Waals surface area contributed by atoms with Crippen LogP contribution in [0.15, 0.2) is 16.6 Å². The molecule has 0 saturated carbocycles. The van der Waals surface area contributed by atoms with E-state index in [4.69, 9.17) is 10.2 Å². The molecular weight excluding hydrogens is 253 g/mol. The van der Waals surface area contributed by atoms with E-state index in [0.717, 1.165) is 0 Å². The lowest BCUT2D eigenvalue weighted by Gasteiger charge is -2.08. The van der Waals surface area contributed by atoms with Crippen molar-refractivity contribution in [1.82, 2.24) is 0 Å². The number of benzene rings is 1. The molecule has 0 atom stereocenters. The molecule has 13 heavy (non-hydrogen) atoms. The maximum absolute atomic E-state index is 12.1. The molecule has 0 aliphatic heterocycles. The quantitative estimate of drug-likeness (QED) is 0.701. The van der Waals surface area contributed by atoms with Crippen LogP contribution in [0.3, 0.4) is 0 Å². The number of alkyl halides is 3. The number of hydrogen-bond acceptors (Lipinski definition) is 2. The van der Waals surface area contributed by atoms with E-state index in [9.17, 15) is 13.2 Å². The van der Waals surface area contributed by atoms with Crippen LogP contribution >= 0.6 is 15.9 Å². The summed E-state index contributed by atoms with van der Waals surface area (Å²) in [6.45, 7) is 0. The first-order valence-electron chi connectivity index (χ1n) is 3.11. The van der Waals surface area contributed by atoms with Gasteiger partial charge in [-0.05, 0) is 28.1 Å². The third-order valence-corrected chi connectivity index (χ3v) is 1.98. The number of aromatic hydroxyl groups is 2. The lowest BCUT2D eigenvalue weighted by atomic mass is 10.2. The first kappa shape index (κ1) is 10.2. The average Bonchev–Trinajstić information content (AvgIpc) is 1.97. The highest BCUT2D eigenvalue weighted by Crippen LogP contribution is 2.39. The zero-order valence-electron chi connectivity index (χ0n) is 6.06. The van der Waals surface area contributed by atoms with Crippen LogP contribution in [0.1, 0.15) is 5.56 Å². The van der Waals surface area contributed by atoms with Gasteiger partial charge < -0.3 is 10.2 Å². The maximum atomic E-state index is 12.1. The maximum Gasteiger partial charge on any atom is 0.416 e. The van der Waals surface area contributed by atoms with Crippen molar-refractivity contribution in [1.29, 1.82) is 0 Å². The van der Waals surface area contributed by atoms with E-state index in [2.05, 4.69) is 15.9 Å². The minimum Gasteiger partial charge on any atom is -0.504 e. The van der Waals surface area contributed by atoms with Crippen LogP contribution in [0.4, 0.5) is 13.2 Å². The van der Waals surface area contributed by atoms with E-state index in [1.807, 2.05) is 0 Å². The summed E-state index contributed by atoms with van der Waals surface area (Å²) in [6.07, 6.45) is -4.53. The summed E-state index contributed by atoms with van der Waals surface area (Å²) in [5.74, 6) is -1.41. The topological polar surface area (TPSA) is 40.5 Å². The Hall–Kier alpha value is -0.910. The Balaban J connectivity index is 3.29. The van der Waals surface area contributed by atoms with Crippen LogP contribution in [-0.2, 0) is 6.18 Å². The van der Waals surface area contributed by atoms with Crippen LogP contribution in [0.5, 0.6) is 11.5 Å². The molecule has 1 aromatic carbocycles. The predicted molar refractivity (Wildman–Crippen MR) is 42.5 cm³/mol. The smallest absolute Gasteiger partial charge is 0.416 e. The molecule has 1 rings (SSSR count). The van der Waals surface area contributed by atoms with E-state index in [1.165, 1.54) is 0 Å². The Labute approximate surface area is 79.7 Å². The molecule has 0 fully saturated rings. The molecule has 0 heterocycles. The van der Waals surface area contributed by atoms with Crippen molar-refractivity contribution in [2.24, 2.45) is 0 Å². The lowest BCUT2D eigenvalue weighted by molar-refractivity contribution is -0.137. The average molecular weight is 257 g/mol. The van der Waals surface area contributed by atoms with Crippen LogP contribution in [-0.4, -0.2) is 10.2 Å². The van der Waals surface area contributed by atoms with Gasteiger partial charge in [-0.25, -0.2) is 0 Å². The fourth-order valence-electron chi connectivity index (χ4n) is 0.748. The van der Waals surface area contributed by atoms with E-state index >= 15 is 0 Å². The summed E-state index contributed by atoms with van der Waals surface area (Å²) in [5, 5.41) is 17.8. The molecule has 0 spiro atoms. The molecule has 0 aliphatic carbocycles. The highest BCUT2D eigenvalue weighted by molar-refractivity contribution is 9.10. The second-order valence-corrected chi connectivity index (χ2v) is 3.18. The van der Waals surface area contributed by atoms with Gasteiger partial charge in [0, 0.05) is 0 Å². The van der Waals surface area contributed by atoms with Gasteiger partial charge in [-0.3, -0.25) is 0 Å². The molecule has 0 amide bonds. The lowest BCUT2D eigenvalue weighted by Crippen LogP contribution is -2.04. The summed E-state index contributed by atoms with van der Waals surface area (Å²) >= 11 is 2.68. The molecule has 0 unspecified atom stereocenters. The van der Waals surface area contributed by atoms with Gasteiger partial charge >= 0.3 is 6.18 Å². The van der Waals surface area contributed by atoms with Crippen LogP contribution in [0.25, 0.3) is 0 Å². The van der Waals surface area contributed by atoms with Gasteiger partial charge in [0.1, 0.15) is 0 Å². The first-order valence-corrected chi connectivity index (χ1v) is 3.90. The molecule has 2 nitrogen and oxygen atoms in total. The summed E-state index contributed by atoms with van der Waals surface area (Å²) in [4.78, 5) is 0. The van der Waals surface area contributed by atoms with Crippen molar-refractivity contribution < 1.29 is 23.4 Å². The van der Waals surface area contributed by atoms with E-state index in [-0.39, 0.29) is 4.47 Å². The van der Waals surface area contributed by atoms with E-state index < -0.39 is 23.2 Å². The molecular formula is C7H4BrF3O2. The van der Waals surface area contributed by atoms with Crippen molar-refractivity contribution in [3.8, 4) is 11.5 Å². The number of halogens is 4. The zero-order chi connectivity index (χ0) is 10.2. The number of phenolic OH excluding ortho intramolecular Hbond substituents is 2.